The van der Waals surface area contributed by atoms with E-state index in [1.165, 1.54) is 11.3 Å². The molecule has 6 heteroatoms. The van der Waals surface area contributed by atoms with Crippen molar-refractivity contribution in [3.63, 3.8) is 0 Å². The van der Waals surface area contributed by atoms with Crippen LogP contribution in [-0.4, -0.2) is 15.0 Å². The third-order valence-electron chi connectivity index (χ3n) is 2.26. The molecule has 0 aliphatic heterocycles. The van der Waals surface area contributed by atoms with E-state index in [4.69, 9.17) is 5.26 Å². The fourth-order valence-corrected chi connectivity index (χ4v) is 3.63. The minimum atomic E-state index is -3.48. The molecule has 0 spiro atoms. The average molecular weight is 272 g/mol. The standard InChI is InChI=1S/C11H16N2O2S2/c1-4-9-5-6-10(16-9)17(14,15)13-8-11(2,3)7-12/h5-6,13H,4,8H2,1-3H3. The van der Waals surface area contributed by atoms with Gasteiger partial charge in [-0.1, -0.05) is 6.92 Å². The second-order valence-corrected chi connectivity index (χ2v) is 7.56. The first-order valence-electron chi connectivity index (χ1n) is 5.30. The average Bonchev–Trinajstić information content (AvgIpc) is 2.76. The van der Waals surface area contributed by atoms with Gasteiger partial charge in [0.2, 0.25) is 10.0 Å². The third-order valence-corrected chi connectivity index (χ3v) is 5.38. The van der Waals surface area contributed by atoms with Gasteiger partial charge in [0.05, 0.1) is 11.5 Å². The highest BCUT2D eigenvalue weighted by Gasteiger charge is 2.22. The first kappa shape index (κ1) is 14.2. The maximum atomic E-state index is 11.9. The number of nitrogens with one attached hydrogen (secondary N) is 1. The van der Waals surface area contributed by atoms with Crippen molar-refractivity contribution in [1.29, 1.82) is 5.26 Å². The van der Waals surface area contributed by atoms with Crippen LogP contribution in [0.5, 0.6) is 0 Å². The Labute approximate surface area is 106 Å². The van der Waals surface area contributed by atoms with Crippen molar-refractivity contribution in [2.24, 2.45) is 5.41 Å². The lowest BCUT2D eigenvalue weighted by Gasteiger charge is -2.15. The van der Waals surface area contributed by atoms with Gasteiger partial charge in [0, 0.05) is 11.4 Å². The fourth-order valence-electron chi connectivity index (χ4n) is 1.08. The Morgan fingerprint density at radius 1 is 1.47 bits per heavy atom. The minimum absolute atomic E-state index is 0.116. The summed E-state index contributed by atoms with van der Waals surface area (Å²) in [5.41, 5.74) is -0.697. The first-order valence-corrected chi connectivity index (χ1v) is 7.60. The summed E-state index contributed by atoms with van der Waals surface area (Å²) in [6.07, 6.45) is 0.823. The summed E-state index contributed by atoms with van der Waals surface area (Å²) in [6.45, 7) is 5.49. The van der Waals surface area contributed by atoms with Crippen molar-refractivity contribution in [3.8, 4) is 6.07 Å². The van der Waals surface area contributed by atoms with Crippen LogP contribution in [0.3, 0.4) is 0 Å². The van der Waals surface area contributed by atoms with Crippen molar-refractivity contribution in [2.45, 2.75) is 31.4 Å². The molecule has 94 valence electrons. The molecule has 0 saturated heterocycles. The zero-order valence-corrected chi connectivity index (χ0v) is 11.8. The number of rotatable bonds is 5. The van der Waals surface area contributed by atoms with Crippen LogP contribution in [-0.2, 0) is 16.4 Å². The highest BCUT2D eigenvalue weighted by Crippen LogP contribution is 2.22. The van der Waals surface area contributed by atoms with Crippen LogP contribution in [0.25, 0.3) is 0 Å². The van der Waals surface area contributed by atoms with Crippen LogP contribution in [0, 0.1) is 16.7 Å². The number of thiophene rings is 1. The van der Waals surface area contributed by atoms with Gasteiger partial charge in [0.15, 0.2) is 0 Å². The van der Waals surface area contributed by atoms with Gasteiger partial charge in [0.25, 0.3) is 0 Å². The molecule has 1 aromatic rings. The number of sulfonamides is 1. The Balaban J connectivity index is 2.80. The summed E-state index contributed by atoms with van der Waals surface area (Å²) < 4.78 is 26.6. The van der Waals surface area contributed by atoms with Gasteiger partial charge in [-0.15, -0.1) is 11.3 Å². The Hall–Kier alpha value is -0.900. The molecular weight excluding hydrogens is 256 g/mol. The van der Waals surface area contributed by atoms with E-state index in [-0.39, 0.29) is 6.54 Å². The molecule has 0 unspecified atom stereocenters. The van der Waals surface area contributed by atoms with E-state index in [0.717, 1.165) is 11.3 Å². The molecule has 0 aromatic carbocycles. The lowest BCUT2D eigenvalue weighted by Crippen LogP contribution is -2.32. The molecule has 0 amide bonds. The van der Waals surface area contributed by atoms with Gasteiger partial charge in [-0.25, -0.2) is 13.1 Å². The number of hydrogen-bond acceptors (Lipinski definition) is 4. The lowest BCUT2D eigenvalue weighted by molar-refractivity contribution is 0.479. The number of nitrogens with zero attached hydrogens (tertiary/aromatic N) is 1. The largest absolute Gasteiger partial charge is 0.250 e. The maximum Gasteiger partial charge on any atom is 0.250 e. The number of hydrogen-bond donors (Lipinski definition) is 1. The van der Waals surface area contributed by atoms with E-state index in [1.807, 2.05) is 13.0 Å². The van der Waals surface area contributed by atoms with Crippen LogP contribution in [0.15, 0.2) is 16.3 Å². The van der Waals surface area contributed by atoms with Gasteiger partial charge < -0.3 is 0 Å². The number of aryl methyl sites for hydroxylation is 1. The monoisotopic (exact) mass is 272 g/mol. The Morgan fingerprint density at radius 2 is 2.12 bits per heavy atom. The van der Waals surface area contributed by atoms with E-state index in [0.29, 0.717) is 4.21 Å². The van der Waals surface area contributed by atoms with E-state index < -0.39 is 15.4 Å². The van der Waals surface area contributed by atoms with Gasteiger partial charge in [-0.2, -0.15) is 5.26 Å². The minimum Gasteiger partial charge on any atom is -0.209 e. The summed E-state index contributed by atoms with van der Waals surface area (Å²) >= 11 is 1.26. The van der Waals surface area contributed by atoms with Crippen molar-refractivity contribution in [1.82, 2.24) is 4.72 Å². The molecule has 0 aliphatic rings. The van der Waals surface area contributed by atoms with E-state index in [2.05, 4.69) is 10.8 Å². The summed E-state index contributed by atoms with van der Waals surface area (Å²) in [6, 6.07) is 5.47. The molecule has 0 saturated carbocycles. The summed E-state index contributed by atoms with van der Waals surface area (Å²) in [4.78, 5) is 1.03. The first-order chi connectivity index (χ1) is 7.80. The summed E-state index contributed by atoms with van der Waals surface area (Å²) in [5, 5.41) is 8.82. The van der Waals surface area contributed by atoms with Crippen molar-refractivity contribution in [3.05, 3.63) is 17.0 Å². The van der Waals surface area contributed by atoms with Crippen molar-refractivity contribution >= 4 is 21.4 Å². The van der Waals surface area contributed by atoms with Gasteiger partial charge >= 0.3 is 0 Å². The topological polar surface area (TPSA) is 70.0 Å². The van der Waals surface area contributed by atoms with E-state index >= 15 is 0 Å². The van der Waals surface area contributed by atoms with Crippen LogP contribution >= 0.6 is 11.3 Å². The zero-order valence-electron chi connectivity index (χ0n) is 10.1. The van der Waals surface area contributed by atoms with Crippen molar-refractivity contribution < 1.29 is 8.42 Å². The zero-order chi connectivity index (χ0) is 13.1. The van der Waals surface area contributed by atoms with Crippen LogP contribution in [0.4, 0.5) is 0 Å². The normalized spacial score (nSPS) is 12.4. The van der Waals surface area contributed by atoms with Gasteiger partial charge in [-0.05, 0) is 32.4 Å². The fraction of sp³-hybridized carbons (Fsp3) is 0.545. The predicted molar refractivity (Wildman–Crippen MR) is 68.3 cm³/mol. The predicted octanol–water partition coefficient (Wildman–Crippen LogP) is 2.14. The molecule has 1 heterocycles. The van der Waals surface area contributed by atoms with Gasteiger partial charge in [-0.3, -0.25) is 0 Å². The molecule has 0 aliphatic carbocycles. The molecule has 0 fully saturated rings. The van der Waals surface area contributed by atoms with Gasteiger partial charge in [0.1, 0.15) is 4.21 Å². The lowest BCUT2D eigenvalue weighted by atomic mass is 9.97. The second-order valence-electron chi connectivity index (χ2n) is 4.39. The second kappa shape index (κ2) is 5.17. The highest BCUT2D eigenvalue weighted by atomic mass is 32.2. The molecule has 1 N–H and O–H groups in total. The maximum absolute atomic E-state index is 11.9. The third kappa shape index (κ3) is 3.80. The van der Waals surface area contributed by atoms with E-state index in [1.54, 1.807) is 19.9 Å². The summed E-state index contributed by atoms with van der Waals surface area (Å²) in [7, 11) is -3.48. The van der Waals surface area contributed by atoms with Crippen LogP contribution in [0.1, 0.15) is 25.6 Å². The van der Waals surface area contributed by atoms with Crippen molar-refractivity contribution in [2.75, 3.05) is 6.54 Å². The SMILES string of the molecule is CCc1ccc(S(=O)(=O)NCC(C)(C)C#N)s1. The van der Waals surface area contributed by atoms with Crippen LogP contribution in [0.2, 0.25) is 0 Å². The Kier molecular flexibility index (Phi) is 4.31. The molecule has 1 rings (SSSR count). The Bertz CT molecular complexity index is 524. The molecule has 0 radical (unpaired) electrons. The molecule has 1 aromatic heterocycles. The quantitative estimate of drug-likeness (QED) is 0.892. The molecular formula is C11H16N2O2S2. The molecule has 0 bridgehead atoms. The summed E-state index contributed by atoms with van der Waals surface area (Å²) in [5.74, 6) is 0. The number of nitriles is 1. The molecule has 0 atom stereocenters. The van der Waals surface area contributed by atoms with Crippen LogP contribution < -0.4 is 4.72 Å². The molecule has 4 nitrogen and oxygen atoms in total. The smallest absolute Gasteiger partial charge is 0.209 e. The van der Waals surface area contributed by atoms with E-state index in [9.17, 15) is 8.42 Å². The molecule has 17 heavy (non-hydrogen) atoms. The Morgan fingerprint density at radius 3 is 2.59 bits per heavy atom. The highest BCUT2D eigenvalue weighted by molar-refractivity contribution is 7.91.